The van der Waals surface area contributed by atoms with Crippen molar-refractivity contribution in [3.05, 3.63) is 0 Å². The van der Waals surface area contributed by atoms with E-state index in [-0.39, 0.29) is 4.90 Å². The van der Waals surface area contributed by atoms with E-state index in [1.807, 2.05) is 0 Å². The molecule has 0 spiro atoms. The van der Waals surface area contributed by atoms with Gasteiger partial charge >= 0.3 is 6.09 Å². The van der Waals surface area contributed by atoms with Gasteiger partial charge in [-0.25, -0.2) is 9.69 Å². The quantitative estimate of drug-likeness (QED) is 0.260. The molecule has 0 aromatic rings. The highest BCUT2D eigenvalue weighted by atomic mass is 16.6. The van der Waals surface area contributed by atoms with Gasteiger partial charge in [0.15, 0.2) is 0 Å². The van der Waals surface area contributed by atoms with E-state index in [0.717, 1.165) is 0 Å². The van der Waals surface area contributed by atoms with Gasteiger partial charge in [0, 0.05) is 10.7 Å². The van der Waals surface area contributed by atoms with Crippen LogP contribution in [0.15, 0.2) is 0 Å². The lowest BCUT2D eigenvalue weighted by atomic mass is 9.47. The Balaban J connectivity index is 3.48. The average Bonchev–Trinajstić information content (AvgIpc) is 2.22. The molecule has 0 aromatic carbocycles. The zero-order valence-corrected chi connectivity index (χ0v) is 14.5. The zero-order valence-electron chi connectivity index (χ0n) is 14.5. The summed E-state index contributed by atoms with van der Waals surface area (Å²) >= 11 is 0. The van der Waals surface area contributed by atoms with Gasteiger partial charge in [-0.05, 0) is 27.8 Å². The fourth-order valence-electron chi connectivity index (χ4n) is 2.48. The minimum Gasteiger partial charge on any atom is -0.443 e. The Labute approximate surface area is 134 Å². The molecule has 0 saturated carbocycles. The van der Waals surface area contributed by atoms with Gasteiger partial charge < -0.3 is 30.1 Å². The SMILES string of the molecule is BC1(B)N(C)C(B)(B)C(O)(O)N(C(=O)OC(C)(C)C)C1(O)O. The van der Waals surface area contributed by atoms with Crippen LogP contribution in [0.25, 0.3) is 0 Å². The monoisotopic (exact) mass is 312 g/mol. The molecule has 22 heavy (non-hydrogen) atoms. The molecule has 1 fully saturated rings. The molecule has 8 nitrogen and oxygen atoms in total. The van der Waals surface area contributed by atoms with Crippen molar-refractivity contribution in [3.63, 3.8) is 0 Å². The van der Waals surface area contributed by atoms with E-state index in [2.05, 4.69) is 0 Å². The summed E-state index contributed by atoms with van der Waals surface area (Å²) in [4.78, 5) is 13.9. The highest BCUT2D eigenvalue weighted by Gasteiger charge is 2.70. The average molecular weight is 312 g/mol. The lowest BCUT2D eigenvalue weighted by Gasteiger charge is -2.65. The number of amides is 1. The molecule has 0 atom stereocenters. The summed E-state index contributed by atoms with van der Waals surface area (Å²) in [6, 6.07) is 0. The second kappa shape index (κ2) is 4.91. The van der Waals surface area contributed by atoms with E-state index in [4.69, 9.17) is 4.74 Å². The molecule has 1 amide bonds. The van der Waals surface area contributed by atoms with Gasteiger partial charge in [-0.3, -0.25) is 0 Å². The molecular weight excluding hydrogens is 287 g/mol. The van der Waals surface area contributed by atoms with Gasteiger partial charge in [-0.2, -0.15) is 0 Å². The Morgan fingerprint density at radius 3 is 1.55 bits per heavy atom. The standard InChI is InChI=1S/C10H24B4N2O6/c1-6(2,3)22-5(17)16-9(18,19)7(11,12)15(4)8(13,14)10(16,20)21/h18-21H,11-14H2,1-4H3. The van der Waals surface area contributed by atoms with Gasteiger partial charge in [0.2, 0.25) is 0 Å². The minimum absolute atomic E-state index is 0.172. The molecule has 1 rings (SSSR count). The summed E-state index contributed by atoms with van der Waals surface area (Å²) in [5.74, 6) is -5.74. The maximum atomic E-state index is 12.4. The maximum Gasteiger partial charge on any atom is 0.418 e. The highest BCUT2D eigenvalue weighted by Crippen LogP contribution is 2.42. The van der Waals surface area contributed by atoms with Crippen LogP contribution in [0, 0.1) is 0 Å². The van der Waals surface area contributed by atoms with Crippen molar-refractivity contribution in [3.8, 4) is 0 Å². The summed E-state index contributed by atoms with van der Waals surface area (Å²) in [5, 5.41) is 39.1. The van der Waals surface area contributed by atoms with Gasteiger partial charge in [-0.1, -0.05) is 0 Å². The summed E-state index contributed by atoms with van der Waals surface area (Å²) in [5.41, 5.74) is -0.944. The first kappa shape index (κ1) is 19.4. The van der Waals surface area contributed by atoms with Crippen molar-refractivity contribution in [2.24, 2.45) is 0 Å². The lowest BCUT2D eigenvalue weighted by Crippen LogP contribution is -2.91. The molecule has 4 N–H and O–H groups in total. The topological polar surface area (TPSA) is 114 Å². The molecule has 1 saturated heterocycles. The summed E-state index contributed by atoms with van der Waals surface area (Å²) in [7, 11) is 7.40. The Morgan fingerprint density at radius 1 is 0.955 bits per heavy atom. The van der Waals surface area contributed by atoms with Crippen molar-refractivity contribution in [1.29, 1.82) is 0 Å². The van der Waals surface area contributed by atoms with Crippen LogP contribution >= 0.6 is 0 Å². The number of aliphatic hydroxyl groups is 4. The van der Waals surface area contributed by atoms with E-state index in [1.165, 1.54) is 43.3 Å². The fourth-order valence-corrected chi connectivity index (χ4v) is 2.48. The second-order valence-electron chi connectivity index (χ2n) is 7.76. The molecule has 122 valence electrons. The van der Waals surface area contributed by atoms with Crippen LogP contribution in [-0.4, -0.2) is 103 Å². The molecule has 1 heterocycles. The van der Waals surface area contributed by atoms with Crippen molar-refractivity contribution in [2.75, 3.05) is 7.05 Å². The van der Waals surface area contributed by atoms with Crippen LogP contribution in [0.3, 0.4) is 0 Å². The first-order valence-corrected chi connectivity index (χ1v) is 7.07. The summed E-state index contributed by atoms with van der Waals surface area (Å²) in [6.45, 7) is 4.76. The third kappa shape index (κ3) is 2.56. The summed E-state index contributed by atoms with van der Waals surface area (Å²) in [6.07, 6.45) is -1.24. The predicted octanol–water partition coefficient (Wildman–Crippen LogP) is -5.71. The number of rotatable bonds is 0. The molecule has 1 aliphatic heterocycles. The number of ether oxygens (including phenoxy) is 1. The van der Waals surface area contributed by atoms with Crippen molar-refractivity contribution in [1.82, 2.24) is 9.80 Å². The van der Waals surface area contributed by atoms with Crippen LogP contribution in [0.2, 0.25) is 0 Å². The number of likely N-dealkylation sites (N-methyl/N-ethyl adjacent to an activating group) is 1. The normalized spacial score (nSPS) is 26.5. The van der Waals surface area contributed by atoms with Crippen molar-refractivity contribution >= 4 is 37.5 Å². The third-order valence-corrected chi connectivity index (χ3v) is 4.52. The Hall–Kier alpha value is -0.670. The lowest BCUT2D eigenvalue weighted by molar-refractivity contribution is -0.422. The number of piperazine rings is 1. The number of hydrogen-bond acceptors (Lipinski definition) is 7. The number of carbonyl (C=O) groups excluding carboxylic acids is 1. The number of hydrogen-bond donors (Lipinski definition) is 4. The second-order valence-corrected chi connectivity index (χ2v) is 7.76. The molecule has 0 aliphatic carbocycles. The fraction of sp³-hybridized carbons (Fsp3) is 0.900. The summed E-state index contributed by atoms with van der Waals surface area (Å²) < 4.78 is 5.10. The van der Waals surface area contributed by atoms with Gasteiger partial charge in [0.05, 0.1) is 0 Å². The van der Waals surface area contributed by atoms with Crippen LogP contribution in [0.4, 0.5) is 4.79 Å². The Bertz CT molecular complexity index is 449. The first-order chi connectivity index (χ1) is 9.40. The largest absolute Gasteiger partial charge is 0.443 e. The predicted molar refractivity (Wildman–Crippen MR) is 89.8 cm³/mol. The van der Waals surface area contributed by atoms with E-state index >= 15 is 0 Å². The Kier molecular flexibility index (Phi) is 4.33. The van der Waals surface area contributed by atoms with E-state index in [9.17, 15) is 25.2 Å². The molecule has 0 bridgehead atoms. The first-order valence-electron chi connectivity index (χ1n) is 7.07. The van der Waals surface area contributed by atoms with Gasteiger partial charge in [0.25, 0.3) is 11.8 Å². The van der Waals surface area contributed by atoms with Crippen LogP contribution in [-0.2, 0) is 4.74 Å². The highest BCUT2D eigenvalue weighted by molar-refractivity contribution is 6.45. The van der Waals surface area contributed by atoms with Crippen LogP contribution < -0.4 is 0 Å². The number of nitrogens with zero attached hydrogens (tertiary/aromatic N) is 2. The Morgan fingerprint density at radius 2 is 1.27 bits per heavy atom. The molecule has 1 aliphatic rings. The van der Waals surface area contributed by atoms with Crippen molar-refractivity contribution < 1.29 is 30.0 Å². The molecule has 0 aromatic heterocycles. The van der Waals surface area contributed by atoms with E-state index in [0.29, 0.717) is 0 Å². The van der Waals surface area contributed by atoms with E-state index in [1.54, 1.807) is 20.8 Å². The van der Waals surface area contributed by atoms with Crippen LogP contribution in [0.5, 0.6) is 0 Å². The zero-order chi connectivity index (χ0) is 17.9. The van der Waals surface area contributed by atoms with Crippen LogP contribution in [0.1, 0.15) is 20.8 Å². The minimum atomic E-state index is -2.87. The molecule has 12 heteroatoms. The van der Waals surface area contributed by atoms with Crippen molar-refractivity contribution in [2.45, 2.75) is 48.9 Å². The molecule has 0 radical (unpaired) electrons. The van der Waals surface area contributed by atoms with Gasteiger partial charge in [-0.15, -0.1) is 0 Å². The van der Waals surface area contributed by atoms with Gasteiger partial charge in [0.1, 0.15) is 37.0 Å². The maximum absolute atomic E-state index is 12.4. The third-order valence-electron chi connectivity index (χ3n) is 4.52. The smallest absolute Gasteiger partial charge is 0.418 e. The molecule has 0 unspecified atom stereocenters. The van der Waals surface area contributed by atoms with E-state index < -0.39 is 34.2 Å². The molecular formula is C10H24B4N2O6. The number of carbonyl (C=O) groups is 1.